The molecule has 1 aliphatic heterocycles. The third kappa shape index (κ3) is 3.37. The van der Waals surface area contributed by atoms with Crippen molar-refractivity contribution in [1.29, 1.82) is 0 Å². The second-order valence-corrected chi connectivity index (χ2v) is 6.92. The molecule has 0 radical (unpaired) electrons. The van der Waals surface area contributed by atoms with Gasteiger partial charge < -0.3 is 14.9 Å². The summed E-state index contributed by atoms with van der Waals surface area (Å²) in [5.74, 6) is 1.42. The van der Waals surface area contributed by atoms with Crippen LogP contribution in [0.1, 0.15) is 5.82 Å². The van der Waals surface area contributed by atoms with Crippen molar-refractivity contribution in [3.8, 4) is 22.8 Å². The van der Waals surface area contributed by atoms with Crippen LogP contribution in [0.5, 0.6) is 5.75 Å². The minimum Gasteiger partial charge on any atom is -0.506 e. The maximum Gasteiger partial charge on any atom is 2.00 e. The molecule has 0 amide bonds. The second kappa shape index (κ2) is 7.96. The maximum absolute atomic E-state index is 10.2. The fraction of sp³-hybridized carbons (Fsp3) is 0.0870. The van der Waals surface area contributed by atoms with E-state index in [0.29, 0.717) is 17.3 Å². The van der Waals surface area contributed by atoms with Crippen molar-refractivity contribution < 1.29 is 26.2 Å². The van der Waals surface area contributed by atoms with Crippen molar-refractivity contribution in [1.82, 2.24) is 14.8 Å². The number of nitrogens with zero attached hydrogens (tertiary/aromatic N) is 5. The van der Waals surface area contributed by atoms with Crippen LogP contribution < -0.4 is 9.80 Å². The van der Waals surface area contributed by atoms with E-state index >= 15 is 0 Å². The van der Waals surface area contributed by atoms with E-state index in [1.165, 1.54) is 0 Å². The Hall–Kier alpha value is -3.11. The van der Waals surface area contributed by atoms with Gasteiger partial charge in [-0.1, -0.05) is 30.0 Å². The summed E-state index contributed by atoms with van der Waals surface area (Å²) < 4.78 is 1.65. The average molecular weight is 577 g/mol. The van der Waals surface area contributed by atoms with Crippen LogP contribution in [0.25, 0.3) is 17.1 Å². The maximum atomic E-state index is 10.2. The molecule has 0 fully saturated rings. The number of phenolic OH excluding ortho intramolecular Hbond substituents is 1. The van der Waals surface area contributed by atoms with Crippen molar-refractivity contribution in [2.45, 2.75) is 6.92 Å². The van der Waals surface area contributed by atoms with E-state index in [9.17, 15) is 5.11 Å². The molecule has 0 bridgehead atoms. The minimum absolute atomic E-state index is 0. The van der Waals surface area contributed by atoms with E-state index < -0.39 is 0 Å². The number of anilines is 3. The van der Waals surface area contributed by atoms with Crippen molar-refractivity contribution in [2.75, 3.05) is 16.8 Å². The molecule has 30 heavy (non-hydrogen) atoms. The molecule has 1 aliphatic rings. The smallest absolute Gasteiger partial charge is 0.506 e. The first-order valence-corrected chi connectivity index (χ1v) is 9.32. The molecular weight excluding hydrogens is 557 g/mol. The van der Waals surface area contributed by atoms with Crippen LogP contribution in [0.2, 0.25) is 0 Å². The van der Waals surface area contributed by atoms with E-state index in [-0.39, 0.29) is 26.8 Å². The Kier molecular flexibility index (Phi) is 5.35. The van der Waals surface area contributed by atoms with E-state index in [0.717, 1.165) is 22.6 Å². The minimum atomic E-state index is 0. The molecule has 6 nitrogen and oxygen atoms in total. The predicted molar refractivity (Wildman–Crippen MR) is 113 cm³/mol. The SMILES string of the molecule is Cc1nc(-c2[c-]c(N3[CH-]N(C)c4ccccc43)ccc2)nn1-c1ccccc1O.[Pt+2]. The summed E-state index contributed by atoms with van der Waals surface area (Å²) in [5, 5.41) is 14.8. The summed E-state index contributed by atoms with van der Waals surface area (Å²) in [6.45, 7) is 3.91. The van der Waals surface area contributed by atoms with E-state index in [4.69, 9.17) is 0 Å². The molecule has 5 rings (SSSR count). The van der Waals surface area contributed by atoms with Gasteiger partial charge in [-0.3, -0.25) is 4.98 Å². The first kappa shape index (κ1) is 20.2. The molecule has 0 unspecified atom stereocenters. The van der Waals surface area contributed by atoms with Crippen LogP contribution in [0, 0.1) is 19.7 Å². The van der Waals surface area contributed by atoms with Gasteiger partial charge in [0, 0.05) is 11.4 Å². The van der Waals surface area contributed by atoms with Crippen molar-refractivity contribution >= 4 is 17.1 Å². The van der Waals surface area contributed by atoms with Gasteiger partial charge in [-0.05, 0) is 38.2 Å². The van der Waals surface area contributed by atoms with E-state index in [2.05, 4.69) is 38.1 Å². The number of aromatic hydroxyl groups is 1. The molecule has 0 saturated carbocycles. The molecule has 0 spiro atoms. The fourth-order valence-electron chi connectivity index (χ4n) is 3.56. The third-order valence-corrected chi connectivity index (χ3v) is 4.97. The monoisotopic (exact) mass is 576 g/mol. The van der Waals surface area contributed by atoms with Crippen LogP contribution in [-0.2, 0) is 21.1 Å². The standard InChI is InChI=1S/C23H19N5O.Pt/c1-16-24-23(25-28(16)21-12-5-6-13-22(21)29)17-8-7-9-18(14-17)27-15-26(2)19-10-3-4-11-20(19)27;/h3-13,15,29H,1-2H3;/q-2;+2. The van der Waals surface area contributed by atoms with Gasteiger partial charge in [0.25, 0.3) is 0 Å². The van der Waals surface area contributed by atoms with Gasteiger partial charge in [-0.15, -0.1) is 29.8 Å². The molecule has 0 saturated heterocycles. The predicted octanol–water partition coefficient (Wildman–Crippen LogP) is 4.45. The Morgan fingerprint density at radius 2 is 1.60 bits per heavy atom. The fourth-order valence-corrected chi connectivity index (χ4v) is 3.56. The number of aromatic nitrogens is 3. The van der Waals surface area contributed by atoms with Crippen LogP contribution >= 0.6 is 0 Å². The van der Waals surface area contributed by atoms with Crippen LogP contribution in [0.15, 0.2) is 66.7 Å². The number of aryl methyl sites for hydroxylation is 1. The number of benzene rings is 3. The Morgan fingerprint density at radius 3 is 2.37 bits per heavy atom. The van der Waals surface area contributed by atoms with Gasteiger partial charge in [0.2, 0.25) is 0 Å². The quantitative estimate of drug-likeness (QED) is 0.366. The zero-order valence-corrected chi connectivity index (χ0v) is 18.7. The second-order valence-electron chi connectivity index (χ2n) is 6.92. The Morgan fingerprint density at radius 1 is 0.900 bits per heavy atom. The first-order valence-electron chi connectivity index (χ1n) is 9.32. The number of para-hydroxylation sites is 4. The van der Waals surface area contributed by atoms with Crippen LogP contribution in [0.3, 0.4) is 0 Å². The Bertz CT molecular complexity index is 1210. The average Bonchev–Trinajstić information content (AvgIpc) is 3.29. The molecule has 1 aromatic heterocycles. The molecule has 0 aliphatic carbocycles. The van der Waals surface area contributed by atoms with E-state index in [1.807, 2.05) is 63.1 Å². The number of phenols is 1. The number of fused-ring (bicyclic) bond motifs is 1. The van der Waals surface area contributed by atoms with Gasteiger partial charge in [0.1, 0.15) is 17.3 Å². The molecule has 7 heteroatoms. The Labute approximate surface area is 189 Å². The normalized spacial score (nSPS) is 12.6. The number of rotatable bonds is 3. The molecule has 2 heterocycles. The van der Waals surface area contributed by atoms with Gasteiger partial charge in [0.15, 0.2) is 0 Å². The zero-order valence-electron chi connectivity index (χ0n) is 16.4. The van der Waals surface area contributed by atoms with Gasteiger partial charge in [0.05, 0.1) is 5.82 Å². The van der Waals surface area contributed by atoms with Gasteiger partial charge in [-0.25, -0.2) is 4.68 Å². The molecular formula is C23H19N5OPt. The van der Waals surface area contributed by atoms with Gasteiger partial charge in [-0.2, -0.15) is 11.8 Å². The Balaban J connectivity index is 0.00000218. The summed E-state index contributed by atoms with van der Waals surface area (Å²) in [5.41, 5.74) is 4.55. The van der Waals surface area contributed by atoms with Crippen LogP contribution in [-0.4, -0.2) is 26.9 Å². The first-order chi connectivity index (χ1) is 14.1. The summed E-state index contributed by atoms with van der Waals surface area (Å²) in [6, 6.07) is 24.7. The summed E-state index contributed by atoms with van der Waals surface area (Å²) >= 11 is 0. The summed E-state index contributed by atoms with van der Waals surface area (Å²) in [7, 11) is 2.03. The van der Waals surface area contributed by atoms with Crippen molar-refractivity contribution in [2.24, 2.45) is 0 Å². The number of hydrogen-bond donors (Lipinski definition) is 1. The zero-order chi connectivity index (χ0) is 20.0. The van der Waals surface area contributed by atoms with E-state index in [1.54, 1.807) is 16.8 Å². The largest absolute Gasteiger partial charge is 2.00 e. The summed E-state index contributed by atoms with van der Waals surface area (Å²) in [4.78, 5) is 8.79. The number of hydrogen-bond acceptors (Lipinski definition) is 5. The molecule has 152 valence electrons. The van der Waals surface area contributed by atoms with Crippen molar-refractivity contribution in [3.05, 3.63) is 85.3 Å². The summed E-state index contributed by atoms with van der Waals surface area (Å²) in [6.07, 6.45) is 0. The van der Waals surface area contributed by atoms with Crippen molar-refractivity contribution in [3.63, 3.8) is 0 Å². The molecule has 0 atom stereocenters. The third-order valence-electron chi connectivity index (χ3n) is 4.97. The van der Waals surface area contributed by atoms with Gasteiger partial charge >= 0.3 is 21.1 Å². The van der Waals surface area contributed by atoms with Crippen LogP contribution in [0.4, 0.5) is 17.1 Å². The molecule has 3 aromatic carbocycles. The topological polar surface area (TPSA) is 57.4 Å². The molecule has 1 N–H and O–H groups in total. The molecule has 4 aromatic rings.